The predicted molar refractivity (Wildman–Crippen MR) is 113 cm³/mol. The van der Waals surface area contributed by atoms with Gasteiger partial charge in [-0.15, -0.1) is 5.10 Å². The minimum Gasteiger partial charge on any atom is -0.480 e. The fourth-order valence-corrected chi connectivity index (χ4v) is 2.89. The number of methoxy groups -OCH3 is 1. The molecule has 0 atom stereocenters. The van der Waals surface area contributed by atoms with Crippen LogP contribution in [0.4, 0.5) is 0 Å². The molecule has 0 spiro atoms. The Kier molecular flexibility index (Phi) is 5.66. The first kappa shape index (κ1) is 19.8. The topological polar surface area (TPSA) is 111 Å². The zero-order valence-corrected chi connectivity index (χ0v) is 16.5. The van der Waals surface area contributed by atoms with E-state index in [1.165, 1.54) is 19.4 Å². The van der Waals surface area contributed by atoms with Gasteiger partial charge in [0.25, 0.3) is 5.91 Å². The molecule has 31 heavy (non-hydrogen) atoms. The second-order valence-electron chi connectivity index (χ2n) is 6.34. The van der Waals surface area contributed by atoms with E-state index in [0.29, 0.717) is 5.82 Å². The molecular weight excluding hydrogens is 396 g/mol. The quantitative estimate of drug-likeness (QED) is 0.485. The molecule has 0 aliphatic heterocycles. The molecule has 2 aromatic heterocycles. The zero-order chi connectivity index (χ0) is 21.6. The van der Waals surface area contributed by atoms with Crippen LogP contribution >= 0.6 is 0 Å². The number of nitrogens with zero attached hydrogens (tertiary/aromatic N) is 4. The summed E-state index contributed by atoms with van der Waals surface area (Å²) in [6.45, 7) is 0. The van der Waals surface area contributed by atoms with Gasteiger partial charge in [-0.1, -0.05) is 48.5 Å². The molecule has 4 aromatic rings. The Morgan fingerprint density at radius 2 is 1.55 bits per heavy atom. The number of carbonyl (C=O) groups excluding carboxylic acids is 2. The van der Waals surface area contributed by atoms with E-state index in [4.69, 9.17) is 4.74 Å². The zero-order valence-electron chi connectivity index (χ0n) is 16.5. The number of benzene rings is 2. The summed E-state index contributed by atoms with van der Waals surface area (Å²) in [5, 5.41) is 4.35. The number of rotatable bonds is 5. The summed E-state index contributed by atoms with van der Waals surface area (Å²) in [5.74, 6) is -0.697. The van der Waals surface area contributed by atoms with Crippen LogP contribution in [-0.2, 0) is 0 Å². The summed E-state index contributed by atoms with van der Waals surface area (Å²) in [7, 11) is 1.41. The van der Waals surface area contributed by atoms with E-state index in [0.717, 1.165) is 11.3 Å². The standard InChI is InChI=1S/C22H18N6O3/c1-31-22-17(13-8-14-23-22)20(29)25-26-21(30)18-24-19(15-9-4-2-5-10-15)28(27-18)16-11-6-3-7-12-16/h2-14H,1H3,(H,25,29)(H,26,30). The third kappa shape index (κ3) is 4.25. The lowest BCUT2D eigenvalue weighted by Crippen LogP contribution is -2.42. The molecule has 9 nitrogen and oxygen atoms in total. The maximum Gasteiger partial charge on any atom is 0.309 e. The Morgan fingerprint density at radius 3 is 2.26 bits per heavy atom. The summed E-state index contributed by atoms with van der Waals surface area (Å²) >= 11 is 0. The van der Waals surface area contributed by atoms with Gasteiger partial charge >= 0.3 is 5.91 Å². The number of nitrogens with one attached hydrogen (secondary N) is 2. The third-order valence-electron chi connectivity index (χ3n) is 4.34. The summed E-state index contributed by atoms with van der Waals surface area (Å²) < 4.78 is 6.64. The van der Waals surface area contributed by atoms with Crippen LogP contribution in [0, 0.1) is 0 Å². The number of carbonyl (C=O) groups is 2. The number of amides is 2. The highest BCUT2D eigenvalue weighted by Gasteiger charge is 2.20. The average molecular weight is 414 g/mol. The number of para-hydroxylation sites is 1. The second-order valence-corrected chi connectivity index (χ2v) is 6.34. The molecule has 0 unspecified atom stereocenters. The van der Waals surface area contributed by atoms with Crippen molar-refractivity contribution in [1.82, 2.24) is 30.6 Å². The Labute approximate surface area is 177 Å². The van der Waals surface area contributed by atoms with Crippen molar-refractivity contribution in [1.29, 1.82) is 0 Å². The molecule has 2 amide bonds. The van der Waals surface area contributed by atoms with E-state index in [2.05, 4.69) is 25.9 Å². The van der Waals surface area contributed by atoms with Crippen molar-refractivity contribution in [2.24, 2.45) is 0 Å². The van der Waals surface area contributed by atoms with E-state index >= 15 is 0 Å². The van der Waals surface area contributed by atoms with E-state index in [-0.39, 0.29) is 17.3 Å². The van der Waals surface area contributed by atoms with E-state index in [1.54, 1.807) is 10.7 Å². The average Bonchev–Trinajstić information content (AvgIpc) is 3.29. The van der Waals surface area contributed by atoms with Gasteiger partial charge in [-0.2, -0.15) is 0 Å². The molecule has 0 fully saturated rings. The van der Waals surface area contributed by atoms with Crippen molar-refractivity contribution >= 4 is 11.8 Å². The highest BCUT2D eigenvalue weighted by atomic mass is 16.5. The van der Waals surface area contributed by atoms with Gasteiger partial charge in [-0.3, -0.25) is 20.4 Å². The molecule has 0 radical (unpaired) electrons. The van der Waals surface area contributed by atoms with Gasteiger partial charge in [0.2, 0.25) is 11.7 Å². The fourth-order valence-electron chi connectivity index (χ4n) is 2.89. The summed E-state index contributed by atoms with van der Waals surface area (Å²) in [6, 6.07) is 21.9. The van der Waals surface area contributed by atoms with Gasteiger partial charge in [0.05, 0.1) is 12.8 Å². The maximum absolute atomic E-state index is 12.7. The second kappa shape index (κ2) is 8.87. The van der Waals surface area contributed by atoms with Crippen molar-refractivity contribution in [3.05, 3.63) is 90.4 Å². The Balaban J connectivity index is 1.59. The Morgan fingerprint density at radius 1 is 0.871 bits per heavy atom. The SMILES string of the molecule is COc1ncccc1C(=O)NNC(=O)c1nc(-c2ccccc2)n(-c2ccccc2)n1. The number of pyridine rings is 1. The molecule has 0 aliphatic rings. The van der Waals surface area contributed by atoms with Gasteiger partial charge in [0.1, 0.15) is 5.56 Å². The summed E-state index contributed by atoms with van der Waals surface area (Å²) in [5.41, 5.74) is 6.38. The van der Waals surface area contributed by atoms with Crippen molar-refractivity contribution < 1.29 is 14.3 Å². The van der Waals surface area contributed by atoms with Crippen molar-refractivity contribution in [2.45, 2.75) is 0 Å². The lowest BCUT2D eigenvalue weighted by Gasteiger charge is -2.08. The summed E-state index contributed by atoms with van der Waals surface area (Å²) in [4.78, 5) is 33.4. The lowest BCUT2D eigenvalue weighted by molar-refractivity contribution is 0.0839. The van der Waals surface area contributed by atoms with Crippen LogP contribution in [0.5, 0.6) is 5.88 Å². The van der Waals surface area contributed by atoms with Gasteiger partial charge in [0, 0.05) is 11.8 Å². The van der Waals surface area contributed by atoms with Crippen LogP contribution in [-0.4, -0.2) is 38.7 Å². The maximum atomic E-state index is 12.7. The number of hydrogen-bond donors (Lipinski definition) is 2. The molecule has 0 bridgehead atoms. The molecule has 0 saturated carbocycles. The van der Waals surface area contributed by atoms with Crippen LogP contribution in [0.1, 0.15) is 21.0 Å². The van der Waals surface area contributed by atoms with Gasteiger partial charge < -0.3 is 4.74 Å². The molecule has 9 heteroatoms. The first-order chi connectivity index (χ1) is 15.2. The number of ether oxygens (including phenoxy) is 1. The Hall–Kier alpha value is -4.53. The van der Waals surface area contributed by atoms with E-state index in [1.807, 2.05) is 60.7 Å². The number of aromatic nitrogens is 4. The number of hydrazine groups is 1. The van der Waals surface area contributed by atoms with Crippen LogP contribution in [0.2, 0.25) is 0 Å². The van der Waals surface area contributed by atoms with Crippen LogP contribution in [0.25, 0.3) is 17.1 Å². The smallest absolute Gasteiger partial charge is 0.309 e. The fraction of sp³-hybridized carbons (Fsp3) is 0.0455. The molecule has 2 N–H and O–H groups in total. The molecule has 2 aromatic carbocycles. The molecule has 154 valence electrons. The normalized spacial score (nSPS) is 10.4. The van der Waals surface area contributed by atoms with Gasteiger partial charge in [0.15, 0.2) is 5.82 Å². The van der Waals surface area contributed by atoms with Crippen LogP contribution < -0.4 is 15.6 Å². The first-order valence-electron chi connectivity index (χ1n) is 9.35. The third-order valence-corrected chi connectivity index (χ3v) is 4.34. The Bertz CT molecular complexity index is 1150. The minimum absolute atomic E-state index is 0.0962. The number of hydrogen-bond acceptors (Lipinski definition) is 6. The minimum atomic E-state index is -0.664. The summed E-state index contributed by atoms with van der Waals surface area (Å²) in [6.07, 6.45) is 1.50. The van der Waals surface area contributed by atoms with E-state index < -0.39 is 11.8 Å². The molecule has 0 aliphatic carbocycles. The molecule has 4 rings (SSSR count). The lowest BCUT2D eigenvalue weighted by atomic mass is 10.2. The highest BCUT2D eigenvalue weighted by Crippen LogP contribution is 2.21. The van der Waals surface area contributed by atoms with E-state index in [9.17, 15) is 9.59 Å². The van der Waals surface area contributed by atoms with Crippen molar-refractivity contribution in [2.75, 3.05) is 7.11 Å². The monoisotopic (exact) mass is 414 g/mol. The van der Waals surface area contributed by atoms with Crippen molar-refractivity contribution in [3.8, 4) is 23.0 Å². The predicted octanol–water partition coefficient (Wildman–Crippen LogP) is 2.41. The molecular formula is C22H18N6O3. The molecule has 2 heterocycles. The highest BCUT2D eigenvalue weighted by molar-refractivity contribution is 5.99. The van der Waals surface area contributed by atoms with Gasteiger partial charge in [-0.05, 0) is 24.3 Å². The first-order valence-corrected chi connectivity index (χ1v) is 9.35. The van der Waals surface area contributed by atoms with Crippen LogP contribution in [0.3, 0.4) is 0 Å². The largest absolute Gasteiger partial charge is 0.480 e. The molecule has 0 saturated heterocycles. The van der Waals surface area contributed by atoms with Crippen molar-refractivity contribution in [3.63, 3.8) is 0 Å². The van der Waals surface area contributed by atoms with Gasteiger partial charge in [-0.25, -0.2) is 14.6 Å². The van der Waals surface area contributed by atoms with Crippen LogP contribution in [0.15, 0.2) is 79.0 Å².